The Morgan fingerprint density at radius 1 is 1.39 bits per heavy atom. The quantitative estimate of drug-likeness (QED) is 0.842. The lowest BCUT2D eigenvalue weighted by Gasteiger charge is -2.18. The van der Waals surface area contributed by atoms with Crippen LogP contribution in [0, 0.1) is 0 Å². The summed E-state index contributed by atoms with van der Waals surface area (Å²) in [6.07, 6.45) is 3.35. The van der Waals surface area contributed by atoms with Crippen LogP contribution < -0.4 is 0 Å². The molecule has 0 aromatic carbocycles. The molecule has 0 amide bonds. The second-order valence-corrected chi connectivity index (χ2v) is 4.22. The zero-order valence-corrected chi connectivity index (χ0v) is 9.61. The van der Waals surface area contributed by atoms with Gasteiger partial charge in [0.05, 0.1) is 0 Å². The molecule has 0 radical (unpaired) electrons. The van der Waals surface area contributed by atoms with E-state index in [0.717, 1.165) is 12.8 Å². The molecule has 3 heterocycles. The van der Waals surface area contributed by atoms with Crippen LogP contribution in [0.15, 0.2) is 12.3 Å². The average Bonchev–Trinajstić information content (AvgIpc) is 2.82. The molecule has 0 aliphatic carbocycles. The van der Waals surface area contributed by atoms with Gasteiger partial charge in [-0.05, 0) is 18.9 Å². The molecule has 0 atom stereocenters. The van der Waals surface area contributed by atoms with Crippen LogP contribution in [0.5, 0.6) is 0 Å². The maximum atomic E-state index is 10.8. The molecular weight excluding hydrogens is 236 g/mol. The fourth-order valence-electron chi connectivity index (χ4n) is 2.04. The molecule has 1 aliphatic rings. The SMILES string of the molecule is O=C(O)c1ccn2nc(C3CCOCC3)nc2n1. The number of nitrogens with zero attached hydrogens (tertiary/aromatic N) is 4. The molecule has 1 N–H and O–H groups in total. The van der Waals surface area contributed by atoms with E-state index in [2.05, 4.69) is 15.1 Å². The smallest absolute Gasteiger partial charge is 0.354 e. The first kappa shape index (κ1) is 11.1. The van der Waals surface area contributed by atoms with Gasteiger partial charge in [0.1, 0.15) is 0 Å². The van der Waals surface area contributed by atoms with Crippen LogP contribution in [0.4, 0.5) is 0 Å². The highest BCUT2D eigenvalue weighted by Crippen LogP contribution is 2.24. The minimum atomic E-state index is -1.06. The largest absolute Gasteiger partial charge is 0.477 e. The van der Waals surface area contributed by atoms with E-state index < -0.39 is 5.97 Å². The van der Waals surface area contributed by atoms with E-state index in [0.29, 0.717) is 24.8 Å². The van der Waals surface area contributed by atoms with Gasteiger partial charge in [-0.2, -0.15) is 4.98 Å². The van der Waals surface area contributed by atoms with Gasteiger partial charge in [-0.3, -0.25) is 0 Å². The van der Waals surface area contributed by atoms with E-state index in [-0.39, 0.29) is 11.6 Å². The van der Waals surface area contributed by atoms with Crippen molar-refractivity contribution in [1.29, 1.82) is 0 Å². The molecule has 7 nitrogen and oxygen atoms in total. The Balaban J connectivity index is 1.97. The number of hydrogen-bond acceptors (Lipinski definition) is 5. The van der Waals surface area contributed by atoms with Crippen LogP contribution in [-0.4, -0.2) is 43.9 Å². The van der Waals surface area contributed by atoms with Gasteiger partial charge in [-0.1, -0.05) is 0 Å². The first-order chi connectivity index (χ1) is 8.74. The molecule has 0 spiro atoms. The molecule has 94 valence electrons. The first-order valence-corrected chi connectivity index (χ1v) is 5.78. The minimum Gasteiger partial charge on any atom is -0.477 e. The summed E-state index contributed by atoms with van der Waals surface area (Å²) in [6, 6.07) is 1.41. The van der Waals surface area contributed by atoms with Crippen molar-refractivity contribution < 1.29 is 14.6 Å². The minimum absolute atomic E-state index is 0.0200. The topological polar surface area (TPSA) is 89.6 Å². The summed E-state index contributed by atoms with van der Waals surface area (Å²) in [4.78, 5) is 19.1. The Morgan fingerprint density at radius 3 is 2.89 bits per heavy atom. The number of carboxylic acid groups (broad SMARTS) is 1. The predicted molar refractivity (Wildman–Crippen MR) is 60.5 cm³/mol. The van der Waals surface area contributed by atoms with E-state index in [1.165, 1.54) is 10.6 Å². The fourth-order valence-corrected chi connectivity index (χ4v) is 2.04. The molecule has 1 fully saturated rings. The van der Waals surface area contributed by atoms with Gasteiger partial charge in [-0.15, -0.1) is 5.10 Å². The van der Waals surface area contributed by atoms with Gasteiger partial charge in [0.25, 0.3) is 5.78 Å². The summed E-state index contributed by atoms with van der Waals surface area (Å²) in [5.74, 6) is 0.256. The highest BCUT2D eigenvalue weighted by atomic mass is 16.5. The monoisotopic (exact) mass is 248 g/mol. The van der Waals surface area contributed by atoms with E-state index >= 15 is 0 Å². The number of carbonyl (C=O) groups is 1. The Bertz CT molecular complexity index is 589. The van der Waals surface area contributed by atoms with Crippen molar-refractivity contribution in [2.45, 2.75) is 18.8 Å². The summed E-state index contributed by atoms with van der Waals surface area (Å²) in [5.41, 5.74) is -0.0200. The third kappa shape index (κ3) is 1.92. The lowest BCUT2D eigenvalue weighted by molar-refractivity contribution is 0.0690. The lowest BCUT2D eigenvalue weighted by Crippen LogP contribution is -2.15. The number of aromatic carboxylic acids is 1. The molecule has 2 aromatic rings. The van der Waals surface area contributed by atoms with Crippen molar-refractivity contribution in [2.24, 2.45) is 0 Å². The Hall–Kier alpha value is -2.02. The highest BCUT2D eigenvalue weighted by molar-refractivity contribution is 5.85. The molecule has 18 heavy (non-hydrogen) atoms. The van der Waals surface area contributed by atoms with Gasteiger partial charge < -0.3 is 9.84 Å². The molecule has 1 aliphatic heterocycles. The molecule has 7 heteroatoms. The fraction of sp³-hybridized carbons (Fsp3) is 0.455. The van der Waals surface area contributed by atoms with Crippen molar-refractivity contribution in [3.05, 3.63) is 23.8 Å². The van der Waals surface area contributed by atoms with Crippen LogP contribution in [0.3, 0.4) is 0 Å². The molecule has 0 unspecified atom stereocenters. The van der Waals surface area contributed by atoms with E-state index in [1.54, 1.807) is 6.20 Å². The number of carboxylic acids is 1. The van der Waals surface area contributed by atoms with E-state index in [9.17, 15) is 4.79 Å². The Labute approximate surface area is 102 Å². The zero-order chi connectivity index (χ0) is 12.5. The molecular formula is C11H12N4O3. The third-order valence-electron chi connectivity index (χ3n) is 3.03. The van der Waals surface area contributed by atoms with Gasteiger partial charge in [-0.25, -0.2) is 14.3 Å². The summed E-state index contributed by atoms with van der Waals surface area (Å²) in [7, 11) is 0. The van der Waals surface area contributed by atoms with Crippen molar-refractivity contribution >= 4 is 11.7 Å². The van der Waals surface area contributed by atoms with Crippen molar-refractivity contribution in [3.8, 4) is 0 Å². The maximum Gasteiger partial charge on any atom is 0.354 e. The second-order valence-electron chi connectivity index (χ2n) is 4.22. The van der Waals surface area contributed by atoms with Crippen molar-refractivity contribution in [1.82, 2.24) is 19.6 Å². The maximum absolute atomic E-state index is 10.8. The van der Waals surface area contributed by atoms with E-state index in [4.69, 9.17) is 9.84 Å². The van der Waals surface area contributed by atoms with Gasteiger partial charge in [0, 0.05) is 25.3 Å². The second kappa shape index (κ2) is 4.34. The Kier molecular flexibility index (Phi) is 2.67. The predicted octanol–water partition coefficient (Wildman–Crippen LogP) is 0.716. The zero-order valence-electron chi connectivity index (χ0n) is 9.61. The number of rotatable bonds is 2. The number of ether oxygens (including phenoxy) is 1. The van der Waals surface area contributed by atoms with Gasteiger partial charge >= 0.3 is 5.97 Å². The summed E-state index contributed by atoms with van der Waals surface area (Å²) >= 11 is 0. The average molecular weight is 248 g/mol. The molecule has 2 aromatic heterocycles. The summed E-state index contributed by atoms with van der Waals surface area (Å²) in [5, 5.41) is 13.2. The van der Waals surface area contributed by atoms with Gasteiger partial charge in [0.2, 0.25) is 0 Å². The van der Waals surface area contributed by atoms with Crippen LogP contribution in [0.2, 0.25) is 0 Å². The first-order valence-electron chi connectivity index (χ1n) is 5.78. The van der Waals surface area contributed by atoms with Crippen LogP contribution >= 0.6 is 0 Å². The van der Waals surface area contributed by atoms with Gasteiger partial charge in [0.15, 0.2) is 11.5 Å². The van der Waals surface area contributed by atoms with E-state index in [1.807, 2.05) is 0 Å². The molecule has 3 rings (SSSR count). The molecule has 1 saturated heterocycles. The normalized spacial score (nSPS) is 17.1. The number of aromatic nitrogens is 4. The number of fused-ring (bicyclic) bond motifs is 1. The lowest BCUT2D eigenvalue weighted by atomic mass is 10.00. The van der Waals surface area contributed by atoms with Crippen LogP contribution in [-0.2, 0) is 4.74 Å². The van der Waals surface area contributed by atoms with Crippen molar-refractivity contribution in [3.63, 3.8) is 0 Å². The Morgan fingerprint density at radius 2 is 2.17 bits per heavy atom. The molecule has 0 saturated carbocycles. The van der Waals surface area contributed by atoms with Crippen molar-refractivity contribution in [2.75, 3.05) is 13.2 Å². The van der Waals surface area contributed by atoms with Crippen LogP contribution in [0.25, 0.3) is 5.78 Å². The molecule has 0 bridgehead atoms. The standard InChI is InChI=1S/C11H12N4O3/c16-10(17)8-1-4-15-11(12-8)13-9(14-15)7-2-5-18-6-3-7/h1,4,7H,2-3,5-6H2,(H,16,17). The highest BCUT2D eigenvalue weighted by Gasteiger charge is 2.21. The van der Waals surface area contributed by atoms with Crippen LogP contribution in [0.1, 0.15) is 35.1 Å². The summed E-state index contributed by atoms with van der Waals surface area (Å²) in [6.45, 7) is 1.43. The third-order valence-corrected chi connectivity index (χ3v) is 3.03. The summed E-state index contributed by atoms with van der Waals surface area (Å²) < 4.78 is 6.80. The number of hydrogen-bond donors (Lipinski definition) is 1.